The van der Waals surface area contributed by atoms with Crippen molar-refractivity contribution in [3.63, 3.8) is 0 Å². The fourth-order valence-corrected chi connectivity index (χ4v) is 1.92. The number of aromatic nitrogens is 2. The first-order chi connectivity index (χ1) is 7.83. The van der Waals surface area contributed by atoms with Gasteiger partial charge in [-0.05, 0) is 24.6 Å². The highest BCUT2D eigenvalue weighted by molar-refractivity contribution is 5.80. The molecular weight excluding hydrogens is 196 g/mol. The third kappa shape index (κ3) is 1.48. The normalized spacial score (nSPS) is 10.8. The van der Waals surface area contributed by atoms with Crippen LogP contribution in [0.15, 0.2) is 48.8 Å². The second-order valence-electron chi connectivity index (χ2n) is 4.00. The lowest BCUT2D eigenvalue weighted by molar-refractivity contribution is 1.39. The lowest BCUT2D eigenvalue weighted by Gasteiger charge is -2.02. The van der Waals surface area contributed by atoms with Gasteiger partial charge < -0.3 is 4.98 Å². The average Bonchev–Trinajstić information content (AvgIpc) is 2.75. The molecule has 3 rings (SSSR count). The number of aromatic amines is 1. The van der Waals surface area contributed by atoms with Crippen molar-refractivity contribution in [3.05, 3.63) is 54.4 Å². The van der Waals surface area contributed by atoms with Crippen LogP contribution in [-0.2, 0) is 0 Å². The number of aryl methyl sites for hydroxylation is 1. The zero-order valence-electron chi connectivity index (χ0n) is 9.07. The van der Waals surface area contributed by atoms with Gasteiger partial charge >= 0.3 is 0 Å². The molecule has 2 aromatic heterocycles. The standard InChI is InChI=1S/C14H12N2/c1-10-3-2-4-11(7-10)12-8-14-13(16-9-12)5-6-15-14/h2-9,15H,1H3. The minimum Gasteiger partial charge on any atom is -0.360 e. The number of fused-ring (bicyclic) bond motifs is 1. The highest BCUT2D eigenvalue weighted by Crippen LogP contribution is 2.22. The van der Waals surface area contributed by atoms with Gasteiger partial charge in [-0.2, -0.15) is 0 Å². The van der Waals surface area contributed by atoms with Gasteiger partial charge in [-0.1, -0.05) is 29.8 Å². The van der Waals surface area contributed by atoms with Crippen molar-refractivity contribution in [2.24, 2.45) is 0 Å². The van der Waals surface area contributed by atoms with Crippen molar-refractivity contribution in [1.29, 1.82) is 0 Å². The molecule has 16 heavy (non-hydrogen) atoms. The van der Waals surface area contributed by atoms with E-state index < -0.39 is 0 Å². The Morgan fingerprint density at radius 3 is 2.88 bits per heavy atom. The predicted octanol–water partition coefficient (Wildman–Crippen LogP) is 3.54. The maximum Gasteiger partial charge on any atom is 0.0879 e. The van der Waals surface area contributed by atoms with Crippen molar-refractivity contribution in [3.8, 4) is 11.1 Å². The smallest absolute Gasteiger partial charge is 0.0879 e. The largest absolute Gasteiger partial charge is 0.360 e. The van der Waals surface area contributed by atoms with E-state index >= 15 is 0 Å². The van der Waals surface area contributed by atoms with Crippen molar-refractivity contribution in [2.75, 3.05) is 0 Å². The molecule has 0 aliphatic carbocycles. The molecule has 2 heteroatoms. The van der Waals surface area contributed by atoms with E-state index in [4.69, 9.17) is 0 Å². The second kappa shape index (κ2) is 3.49. The van der Waals surface area contributed by atoms with Gasteiger partial charge in [-0.3, -0.25) is 4.98 Å². The third-order valence-corrected chi connectivity index (χ3v) is 2.75. The molecule has 0 saturated carbocycles. The average molecular weight is 208 g/mol. The van der Waals surface area contributed by atoms with Crippen LogP contribution in [0.2, 0.25) is 0 Å². The molecule has 0 unspecified atom stereocenters. The second-order valence-corrected chi connectivity index (χ2v) is 4.00. The summed E-state index contributed by atoms with van der Waals surface area (Å²) >= 11 is 0. The monoisotopic (exact) mass is 208 g/mol. The fraction of sp³-hybridized carbons (Fsp3) is 0.0714. The van der Waals surface area contributed by atoms with Crippen molar-refractivity contribution < 1.29 is 0 Å². The molecule has 2 nitrogen and oxygen atoms in total. The summed E-state index contributed by atoms with van der Waals surface area (Å²) in [7, 11) is 0. The van der Waals surface area contributed by atoms with Gasteiger partial charge in [0.1, 0.15) is 0 Å². The summed E-state index contributed by atoms with van der Waals surface area (Å²) in [5.74, 6) is 0. The molecule has 2 heterocycles. The lowest BCUT2D eigenvalue weighted by Crippen LogP contribution is -1.82. The van der Waals surface area contributed by atoms with Gasteiger partial charge in [0.25, 0.3) is 0 Å². The fourth-order valence-electron chi connectivity index (χ4n) is 1.92. The molecule has 0 radical (unpaired) electrons. The number of nitrogens with one attached hydrogen (secondary N) is 1. The summed E-state index contributed by atoms with van der Waals surface area (Å²) in [5.41, 5.74) is 5.72. The molecule has 0 bridgehead atoms. The van der Waals surface area contributed by atoms with Crippen LogP contribution in [0.3, 0.4) is 0 Å². The number of benzene rings is 1. The summed E-state index contributed by atoms with van der Waals surface area (Å²) in [4.78, 5) is 7.60. The zero-order valence-corrected chi connectivity index (χ0v) is 9.07. The SMILES string of the molecule is Cc1cccc(-c2cnc3cc[nH]c3c2)c1. The van der Waals surface area contributed by atoms with Crippen LogP contribution < -0.4 is 0 Å². The summed E-state index contributed by atoms with van der Waals surface area (Å²) in [6.07, 6.45) is 3.84. The molecule has 0 aliphatic heterocycles. The summed E-state index contributed by atoms with van der Waals surface area (Å²) in [6.45, 7) is 2.10. The number of rotatable bonds is 1. The maximum atomic E-state index is 4.42. The highest BCUT2D eigenvalue weighted by Gasteiger charge is 2.01. The third-order valence-electron chi connectivity index (χ3n) is 2.75. The van der Waals surface area contributed by atoms with Crippen LogP contribution >= 0.6 is 0 Å². The Morgan fingerprint density at radius 1 is 1.06 bits per heavy atom. The molecule has 0 aliphatic rings. The number of hydrogen-bond acceptors (Lipinski definition) is 1. The lowest BCUT2D eigenvalue weighted by atomic mass is 10.1. The number of hydrogen-bond donors (Lipinski definition) is 1. The van der Waals surface area contributed by atoms with Gasteiger partial charge in [0.05, 0.1) is 11.0 Å². The summed E-state index contributed by atoms with van der Waals surface area (Å²) < 4.78 is 0. The molecule has 0 amide bonds. The molecule has 78 valence electrons. The minimum absolute atomic E-state index is 1.01. The Morgan fingerprint density at radius 2 is 2.00 bits per heavy atom. The maximum absolute atomic E-state index is 4.42. The number of H-pyrrole nitrogens is 1. The molecule has 0 atom stereocenters. The first-order valence-corrected chi connectivity index (χ1v) is 5.33. The molecule has 3 aromatic rings. The Labute approximate surface area is 94.0 Å². The highest BCUT2D eigenvalue weighted by atomic mass is 14.7. The summed E-state index contributed by atoms with van der Waals surface area (Å²) in [5, 5.41) is 0. The van der Waals surface area contributed by atoms with Crippen LogP contribution in [0.25, 0.3) is 22.2 Å². The number of nitrogens with zero attached hydrogens (tertiary/aromatic N) is 1. The Balaban J connectivity index is 2.18. The van der Waals surface area contributed by atoms with E-state index in [1.165, 1.54) is 11.1 Å². The quantitative estimate of drug-likeness (QED) is 0.651. The van der Waals surface area contributed by atoms with E-state index in [-0.39, 0.29) is 0 Å². The topological polar surface area (TPSA) is 28.7 Å². The van der Waals surface area contributed by atoms with Crippen LogP contribution in [-0.4, -0.2) is 9.97 Å². The van der Waals surface area contributed by atoms with E-state index in [1.807, 2.05) is 18.5 Å². The Kier molecular flexibility index (Phi) is 2.00. The summed E-state index contributed by atoms with van der Waals surface area (Å²) in [6, 6.07) is 12.6. The molecule has 0 saturated heterocycles. The van der Waals surface area contributed by atoms with E-state index in [0.717, 1.165) is 16.6 Å². The molecular formula is C14H12N2. The van der Waals surface area contributed by atoms with Crippen LogP contribution in [0, 0.1) is 6.92 Å². The molecule has 1 aromatic carbocycles. The van der Waals surface area contributed by atoms with Crippen LogP contribution in [0.1, 0.15) is 5.56 Å². The van der Waals surface area contributed by atoms with Gasteiger partial charge in [-0.15, -0.1) is 0 Å². The van der Waals surface area contributed by atoms with E-state index in [2.05, 4.69) is 47.2 Å². The minimum atomic E-state index is 1.01. The van der Waals surface area contributed by atoms with Gasteiger partial charge in [0.15, 0.2) is 0 Å². The van der Waals surface area contributed by atoms with Crippen molar-refractivity contribution in [2.45, 2.75) is 6.92 Å². The van der Waals surface area contributed by atoms with E-state index in [0.29, 0.717) is 0 Å². The van der Waals surface area contributed by atoms with Gasteiger partial charge in [0, 0.05) is 18.0 Å². The van der Waals surface area contributed by atoms with Crippen LogP contribution in [0.4, 0.5) is 0 Å². The van der Waals surface area contributed by atoms with E-state index in [9.17, 15) is 0 Å². The van der Waals surface area contributed by atoms with Crippen molar-refractivity contribution in [1.82, 2.24) is 9.97 Å². The van der Waals surface area contributed by atoms with Gasteiger partial charge in [-0.25, -0.2) is 0 Å². The molecule has 0 spiro atoms. The van der Waals surface area contributed by atoms with Crippen molar-refractivity contribution >= 4 is 11.0 Å². The predicted molar refractivity (Wildman–Crippen MR) is 66.3 cm³/mol. The zero-order chi connectivity index (χ0) is 11.0. The van der Waals surface area contributed by atoms with E-state index in [1.54, 1.807) is 0 Å². The van der Waals surface area contributed by atoms with Crippen LogP contribution in [0.5, 0.6) is 0 Å². The Hall–Kier alpha value is -2.09. The van der Waals surface area contributed by atoms with Gasteiger partial charge in [0.2, 0.25) is 0 Å². The number of pyridine rings is 1. The molecule has 1 N–H and O–H groups in total. The first kappa shape index (κ1) is 9.16. The Bertz CT molecular complexity index is 638. The molecule has 0 fully saturated rings. The first-order valence-electron chi connectivity index (χ1n) is 5.33.